The van der Waals surface area contributed by atoms with Crippen LogP contribution in [0.1, 0.15) is 43.6 Å². The normalized spacial score (nSPS) is 21.4. The molecule has 13 heteroatoms. The molecule has 43 heavy (non-hydrogen) atoms. The number of nitrogens with one attached hydrogen (secondary N) is 4. The van der Waals surface area contributed by atoms with Crippen molar-refractivity contribution >= 4 is 29.5 Å². The first-order valence-corrected chi connectivity index (χ1v) is 14.3. The summed E-state index contributed by atoms with van der Waals surface area (Å²) in [5.74, 6) is -3.46. The number of aliphatic hydroxyl groups is 1. The van der Waals surface area contributed by atoms with Gasteiger partial charge in [0, 0.05) is 25.7 Å². The summed E-state index contributed by atoms with van der Waals surface area (Å²) in [5, 5.41) is 20.9. The van der Waals surface area contributed by atoms with Crippen molar-refractivity contribution in [1.29, 1.82) is 0 Å². The lowest BCUT2D eigenvalue weighted by atomic mass is 10.0. The standard InChI is InChI=1S/C30H40N6O7/c1-5-43-29-21(12-9-13-32-29)30(42)36-15-14-31-27(40)25(19(4)37)35-26(39)22(16-20-10-7-6-8-11-20)33-28(41)24(18(2)3)34-23(38)17-36/h6-13,18-19,22,24-25,37H,5,14-17H2,1-4H3,(H,31,40)(H,33,41)(H,34,38)(H,35,39)/t19-,22+,24-,25+/m1/s1. The van der Waals surface area contributed by atoms with Gasteiger partial charge < -0.3 is 36.0 Å². The van der Waals surface area contributed by atoms with Crippen LogP contribution < -0.4 is 26.0 Å². The smallest absolute Gasteiger partial charge is 0.259 e. The number of hydrogen-bond donors (Lipinski definition) is 5. The van der Waals surface area contributed by atoms with Gasteiger partial charge in [-0.1, -0.05) is 44.2 Å². The van der Waals surface area contributed by atoms with E-state index in [-0.39, 0.29) is 43.5 Å². The highest BCUT2D eigenvalue weighted by Crippen LogP contribution is 2.17. The van der Waals surface area contributed by atoms with E-state index in [4.69, 9.17) is 4.74 Å². The van der Waals surface area contributed by atoms with E-state index in [1.807, 2.05) is 6.07 Å². The van der Waals surface area contributed by atoms with Crippen LogP contribution in [0.25, 0.3) is 0 Å². The van der Waals surface area contributed by atoms with Crippen molar-refractivity contribution in [3.05, 3.63) is 59.8 Å². The third kappa shape index (κ3) is 9.23. The molecule has 0 bridgehead atoms. The van der Waals surface area contributed by atoms with Crippen molar-refractivity contribution < 1.29 is 33.8 Å². The van der Waals surface area contributed by atoms with E-state index in [9.17, 15) is 29.1 Å². The Labute approximate surface area is 250 Å². The van der Waals surface area contributed by atoms with E-state index in [0.29, 0.717) is 0 Å². The molecule has 1 aromatic carbocycles. The van der Waals surface area contributed by atoms with Gasteiger partial charge >= 0.3 is 0 Å². The maximum Gasteiger partial charge on any atom is 0.259 e. The molecule has 2 heterocycles. The lowest BCUT2D eigenvalue weighted by molar-refractivity contribution is -0.135. The quantitative estimate of drug-likeness (QED) is 0.291. The number of pyridine rings is 1. The molecule has 1 fully saturated rings. The van der Waals surface area contributed by atoms with Crippen molar-refractivity contribution in [3.63, 3.8) is 0 Å². The highest BCUT2D eigenvalue weighted by molar-refractivity contribution is 5.99. The molecule has 5 N–H and O–H groups in total. The fraction of sp³-hybridized carbons (Fsp3) is 0.467. The summed E-state index contributed by atoms with van der Waals surface area (Å²) in [6, 6.07) is 8.56. The number of benzene rings is 1. The molecule has 0 spiro atoms. The summed E-state index contributed by atoms with van der Waals surface area (Å²) in [6.07, 6.45) is 0.296. The van der Waals surface area contributed by atoms with E-state index in [2.05, 4.69) is 26.3 Å². The first-order valence-electron chi connectivity index (χ1n) is 14.3. The van der Waals surface area contributed by atoms with Crippen molar-refractivity contribution in [1.82, 2.24) is 31.2 Å². The fourth-order valence-electron chi connectivity index (χ4n) is 4.56. The largest absolute Gasteiger partial charge is 0.477 e. The molecule has 0 radical (unpaired) electrons. The molecule has 1 aliphatic heterocycles. The van der Waals surface area contributed by atoms with Crippen LogP contribution in [-0.4, -0.2) is 95.0 Å². The third-order valence-electron chi connectivity index (χ3n) is 6.83. The Kier molecular flexibility index (Phi) is 12.0. The third-order valence-corrected chi connectivity index (χ3v) is 6.83. The Morgan fingerprint density at radius 2 is 1.70 bits per heavy atom. The second-order valence-electron chi connectivity index (χ2n) is 10.6. The molecular weight excluding hydrogens is 556 g/mol. The van der Waals surface area contributed by atoms with Gasteiger partial charge in [-0.25, -0.2) is 4.98 Å². The highest BCUT2D eigenvalue weighted by Gasteiger charge is 2.34. The SMILES string of the molecule is CCOc1ncccc1C(=O)N1CCNC(=O)[C@H]([C@@H](C)O)NC(=O)[C@H](Cc2ccccc2)NC(=O)[C@@H](C(C)C)NC(=O)C1. The highest BCUT2D eigenvalue weighted by atomic mass is 16.5. The van der Waals surface area contributed by atoms with Gasteiger partial charge in [-0.2, -0.15) is 0 Å². The minimum Gasteiger partial charge on any atom is -0.477 e. The number of ether oxygens (including phenoxy) is 1. The molecule has 0 aliphatic carbocycles. The Hall–Kier alpha value is -4.52. The van der Waals surface area contributed by atoms with E-state index in [0.717, 1.165) is 5.56 Å². The Bertz CT molecular complexity index is 1290. The van der Waals surface area contributed by atoms with Crippen LogP contribution in [0.5, 0.6) is 5.88 Å². The maximum atomic E-state index is 13.6. The fourth-order valence-corrected chi connectivity index (χ4v) is 4.56. The number of aromatic nitrogens is 1. The molecule has 2 aromatic rings. The molecule has 3 rings (SSSR count). The van der Waals surface area contributed by atoms with E-state index in [1.54, 1.807) is 51.1 Å². The summed E-state index contributed by atoms with van der Waals surface area (Å²) in [6.45, 7) is 6.21. The van der Waals surface area contributed by atoms with Gasteiger partial charge in [-0.15, -0.1) is 0 Å². The van der Waals surface area contributed by atoms with Crippen molar-refractivity contribution in [3.8, 4) is 5.88 Å². The minimum atomic E-state index is -1.35. The van der Waals surface area contributed by atoms with Crippen LogP contribution in [-0.2, 0) is 25.6 Å². The summed E-state index contributed by atoms with van der Waals surface area (Å²) < 4.78 is 5.49. The van der Waals surface area contributed by atoms with Crippen LogP contribution in [0.2, 0.25) is 0 Å². The van der Waals surface area contributed by atoms with Gasteiger partial charge in [0.05, 0.1) is 19.3 Å². The minimum absolute atomic E-state index is 0.0936. The van der Waals surface area contributed by atoms with Gasteiger partial charge in [-0.3, -0.25) is 24.0 Å². The number of rotatable bonds is 7. The van der Waals surface area contributed by atoms with Crippen molar-refractivity contribution in [2.75, 3.05) is 26.2 Å². The molecule has 13 nitrogen and oxygen atoms in total. The van der Waals surface area contributed by atoms with Crippen LogP contribution >= 0.6 is 0 Å². The Balaban J connectivity index is 1.96. The van der Waals surface area contributed by atoms with Crippen LogP contribution in [0, 0.1) is 5.92 Å². The zero-order valence-electron chi connectivity index (χ0n) is 24.8. The summed E-state index contributed by atoms with van der Waals surface area (Å²) in [4.78, 5) is 72.1. The molecule has 4 atom stereocenters. The van der Waals surface area contributed by atoms with Crippen molar-refractivity contribution in [2.45, 2.75) is 58.3 Å². The first-order chi connectivity index (χ1) is 20.5. The molecule has 232 valence electrons. The lowest BCUT2D eigenvalue weighted by Crippen LogP contribution is -2.60. The van der Waals surface area contributed by atoms with Gasteiger partial charge in [0.1, 0.15) is 23.7 Å². The molecule has 5 amide bonds. The van der Waals surface area contributed by atoms with Gasteiger partial charge in [0.15, 0.2) is 0 Å². The average Bonchev–Trinajstić information content (AvgIpc) is 2.97. The predicted octanol–water partition coefficient (Wildman–Crippen LogP) is -0.214. The number of carbonyl (C=O) groups is 5. The van der Waals surface area contributed by atoms with Gasteiger partial charge in [0.2, 0.25) is 29.5 Å². The molecule has 0 saturated carbocycles. The summed E-state index contributed by atoms with van der Waals surface area (Å²) in [5.41, 5.74) is 0.873. The van der Waals surface area contributed by atoms with E-state index in [1.165, 1.54) is 24.1 Å². The number of aliphatic hydroxyl groups excluding tert-OH is 1. The zero-order valence-corrected chi connectivity index (χ0v) is 24.8. The molecule has 0 unspecified atom stereocenters. The summed E-state index contributed by atoms with van der Waals surface area (Å²) >= 11 is 0. The number of hydrogen-bond acceptors (Lipinski definition) is 8. The van der Waals surface area contributed by atoms with Gasteiger partial charge in [0.25, 0.3) is 5.91 Å². The van der Waals surface area contributed by atoms with Gasteiger partial charge in [-0.05, 0) is 37.5 Å². The first kappa shape index (κ1) is 33.0. The van der Waals surface area contributed by atoms with Crippen LogP contribution in [0.3, 0.4) is 0 Å². The molecule has 1 saturated heterocycles. The van der Waals surface area contributed by atoms with E-state index >= 15 is 0 Å². The van der Waals surface area contributed by atoms with Crippen LogP contribution in [0.4, 0.5) is 0 Å². The average molecular weight is 597 g/mol. The Morgan fingerprint density at radius 1 is 0.977 bits per heavy atom. The maximum absolute atomic E-state index is 13.6. The zero-order chi connectivity index (χ0) is 31.5. The lowest BCUT2D eigenvalue weighted by Gasteiger charge is -2.27. The van der Waals surface area contributed by atoms with Crippen LogP contribution in [0.15, 0.2) is 48.7 Å². The monoisotopic (exact) mass is 596 g/mol. The second kappa shape index (κ2) is 15.6. The second-order valence-corrected chi connectivity index (χ2v) is 10.6. The molecule has 1 aliphatic rings. The number of nitrogens with zero attached hydrogens (tertiary/aromatic N) is 2. The number of amides is 5. The summed E-state index contributed by atoms with van der Waals surface area (Å²) in [7, 11) is 0. The molecule has 1 aromatic heterocycles. The number of carbonyl (C=O) groups excluding carboxylic acids is 5. The Morgan fingerprint density at radius 3 is 2.35 bits per heavy atom. The predicted molar refractivity (Wildman–Crippen MR) is 157 cm³/mol. The topological polar surface area (TPSA) is 179 Å². The van der Waals surface area contributed by atoms with E-state index < -0.39 is 60.3 Å². The molecular formula is C30H40N6O7. The van der Waals surface area contributed by atoms with Crippen molar-refractivity contribution in [2.24, 2.45) is 5.92 Å².